The molecule has 2 aromatic heterocycles. The average Bonchev–Trinajstić information content (AvgIpc) is 3.11. The number of rotatable bonds is 4. The van der Waals surface area contributed by atoms with Crippen LogP contribution < -0.4 is 21.5 Å². The number of nitrogens with one attached hydrogen (secondary N) is 1. The highest BCUT2D eigenvalue weighted by Crippen LogP contribution is 2.23. The Balaban J connectivity index is 1.52. The molecule has 0 radical (unpaired) electrons. The Morgan fingerprint density at radius 1 is 1.25 bits per heavy atom. The van der Waals surface area contributed by atoms with Crippen molar-refractivity contribution in [2.45, 2.75) is 38.9 Å². The van der Waals surface area contributed by atoms with Crippen LogP contribution in [-0.4, -0.2) is 56.6 Å². The van der Waals surface area contributed by atoms with Gasteiger partial charge in [-0.2, -0.15) is 5.10 Å². The van der Waals surface area contributed by atoms with Crippen LogP contribution in [0.2, 0.25) is 0 Å². The lowest BCUT2D eigenvalue weighted by atomic mass is 10.1. The molecular formula is C22H26N8O2. The molecule has 1 aromatic carbocycles. The van der Waals surface area contributed by atoms with Crippen LogP contribution in [0.5, 0.6) is 0 Å². The number of anilines is 1. The molecule has 10 nitrogen and oxygen atoms in total. The molecule has 2 aliphatic rings. The molecule has 1 unspecified atom stereocenters. The van der Waals surface area contributed by atoms with Crippen molar-refractivity contribution in [3.05, 3.63) is 46.4 Å². The van der Waals surface area contributed by atoms with Gasteiger partial charge in [0.05, 0.1) is 36.2 Å². The standard InChI is InChI=1S/C22H26N8O2/c1-2-29-19-18(27-22(29)28-9-5-6-14(23)12-28)11-25-30(21(19)32)13-15-10-24-20(31)16-7-3-4-8-17(16)26-15/h3-4,7-8,11,14H,2,5-6,9-10,12-13,23H2,1H3,(H,24,31). The maximum Gasteiger partial charge on any atom is 0.293 e. The van der Waals surface area contributed by atoms with Crippen molar-refractivity contribution in [3.8, 4) is 0 Å². The number of nitrogens with zero attached hydrogens (tertiary/aromatic N) is 6. The summed E-state index contributed by atoms with van der Waals surface area (Å²) in [4.78, 5) is 37.2. The zero-order valence-corrected chi connectivity index (χ0v) is 18.0. The minimum absolute atomic E-state index is 0.106. The summed E-state index contributed by atoms with van der Waals surface area (Å²) >= 11 is 0. The monoisotopic (exact) mass is 434 g/mol. The van der Waals surface area contributed by atoms with Crippen molar-refractivity contribution in [2.24, 2.45) is 10.7 Å². The molecule has 3 N–H and O–H groups in total. The van der Waals surface area contributed by atoms with Crippen LogP contribution in [0.4, 0.5) is 11.6 Å². The van der Waals surface area contributed by atoms with E-state index in [0.29, 0.717) is 34.5 Å². The third-order valence-electron chi connectivity index (χ3n) is 6.00. The van der Waals surface area contributed by atoms with Crippen molar-refractivity contribution in [2.75, 3.05) is 24.5 Å². The van der Waals surface area contributed by atoms with E-state index < -0.39 is 0 Å². The topological polar surface area (TPSA) is 123 Å². The molecule has 32 heavy (non-hydrogen) atoms. The number of imidazole rings is 1. The van der Waals surface area contributed by atoms with E-state index in [2.05, 4.69) is 20.3 Å². The van der Waals surface area contributed by atoms with Gasteiger partial charge in [0.2, 0.25) is 5.95 Å². The zero-order valence-electron chi connectivity index (χ0n) is 18.0. The molecule has 5 rings (SSSR count). The Labute approximate surface area is 184 Å². The summed E-state index contributed by atoms with van der Waals surface area (Å²) < 4.78 is 3.33. The fourth-order valence-corrected chi connectivity index (χ4v) is 4.43. The minimum Gasteiger partial charge on any atom is -0.347 e. The number of aromatic nitrogens is 4. The molecule has 4 heterocycles. The number of nitrogens with two attached hydrogens (primary N) is 1. The van der Waals surface area contributed by atoms with E-state index in [1.165, 1.54) is 4.68 Å². The molecule has 0 bridgehead atoms. The number of aryl methyl sites for hydroxylation is 1. The molecule has 2 aliphatic heterocycles. The van der Waals surface area contributed by atoms with E-state index in [-0.39, 0.29) is 30.6 Å². The maximum absolute atomic E-state index is 13.4. The van der Waals surface area contributed by atoms with Gasteiger partial charge in [-0.05, 0) is 31.9 Å². The highest BCUT2D eigenvalue weighted by atomic mass is 16.2. The Kier molecular flexibility index (Phi) is 5.22. The van der Waals surface area contributed by atoms with Gasteiger partial charge in [0.25, 0.3) is 11.5 Å². The van der Waals surface area contributed by atoms with E-state index in [0.717, 1.165) is 31.9 Å². The van der Waals surface area contributed by atoms with Crippen LogP contribution in [0.15, 0.2) is 40.2 Å². The van der Waals surface area contributed by atoms with E-state index in [1.807, 2.05) is 17.6 Å². The highest BCUT2D eigenvalue weighted by molar-refractivity contribution is 6.05. The zero-order chi connectivity index (χ0) is 22.2. The van der Waals surface area contributed by atoms with Crippen LogP contribution in [0.1, 0.15) is 30.1 Å². The van der Waals surface area contributed by atoms with Gasteiger partial charge >= 0.3 is 0 Å². The SMILES string of the molecule is CCn1c(N2CCCC(N)C2)nc2cnn(CC3=Nc4ccccc4C(=O)NC3)c(=O)c21. The predicted octanol–water partition coefficient (Wildman–Crippen LogP) is 1.06. The van der Waals surface area contributed by atoms with Crippen molar-refractivity contribution in [3.63, 3.8) is 0 Å². The second-order valence-electron chi connectivity index (χ2n) is 8.22. The molecule has 0 saturated carbocycles. The molecule has 0 spiro atoms. The second kappa shape index (κ2) is 8.19. The number of piperidine rings is 1. The second-order valence-corrected chi connectivity index (χ2v) is 8.22. The molecular weight excluding hydrogens is 408 g/mol. The minimum atomic E-state index is -0.226. The molecule has 1 saturated heterocycles. The summed E-state index contributed by atoms with van der Waals surface area (Å²) in [6.45, 7) is 4.64. The first kappa shape index (κ1) is 20.4. The number of amides is 1. The van der Waals surface area contributed by atoms with Crippen molar-refractivity contribution >= 4 is 34.3 Å². The summed E-state index contributed by atoms with van der Waals surface area (Å²) in [6, 6.07) is 7.28. The number of hydrogen-bond acceptors (Lipinski definition) is 7. The van der Waals surface area contributed by atoms with Gasteiger partial charge in [-0.3, -0.25) is 14.6 Å². The van der Waals surface area contributed by atoms with Gasteiger partial charge in [-0.25, -0.2) is 9.67 Å². The van der Waals surface area contributed by atoms with Crippen LogP contribution in [0.25, 0.3) is 11.0 Å². The van der Waals surface area contributed by atoms with Crippen LogP contribution in [0, 0.1) is 0 Å². The van der Waals surface area contributed by atoms with Gasteiger partial charge in [-0.15, -0.1) is 0 Å². The molecule has 3 aromatic rings. The number of carbonyl (C=O) groups excluding carboxylic acids is 1. The van der Waals surface area contributed by atoms with Crippen molar-refractivity contribution in [1.82, 2.24) is 24.6 Å². The molecule has 166 valence electrons. The molecule has 1 amide bonds. The Morgan fingerprint density at radius 3 is 2.91 bits per heavy atom. The third kappa shape index (κ3) is 3.56. The molecule has 10 heteroatoms. The summed E-state index contributed by atoms with van der Waals surface area (Å²) in [5, 5.41) is 7.20. The van der Waals surface area contributed by atoms with E-state index in [9.17, 15) is 9.59 Å². The number of carbonyl (C=O) groups is 1. The number of aliphatic imine (C=N–C) groups is 1. The summed E-state index contributed by atoms with van der Waals surface area (Å²) in [5.41, 5.74) is 8.80. The van der Waals surface area contributed by atoms with Crippen LogP contribution in [-0.2, 0) is 13.1 Å². The smallest absolute Gasteiger partial charge is 0.293 e. The summed E-state index contributed by atoms with van der Waals surface area (Å²) in [6.07, 6.45) is 3.63. The van der Waals surface area contributed by atoms with Crippen LogP contribution in [0.3, 0.4) is 0 Å². The fourth-order valence-electron chi connectivity index (χ4n) is 4.43. The first-order chi connectivity index (χ1) is 15.5. The van der Waals surface area contributed by atoms with Gasteiger partial charge < -0.3 is 20.5 Å². The Morgan fingerprint density at radius 2 is 2.09 bits per heavy atom. The maximum atomic E-state index is 13.4. The number of hydrogen-bond donors (Lipinski definition) is 2. The fraction of sp³-hybridized carbons (Fsp3) is 0.409. The quantitative estimate of drug-likeness (QED) is 0.633. The number of para-hydroxylation sites is 1. The van der Waals surface area contributed by atoms with Gasteiger partial charge in [0.1, 0.15) is 11.0 Å². The van der Waals surface area contributed by atoms with Gasteiger partial charge in [0, 0.05) is 25.7 Å². The van der Waals surface area contributed by atoms with Gasteiger partial charge in [0.15, 0.2) is 0 Å². The lowest BCUT2D eigenvalue weighted by Crippen LogP contribution is -2.44. The largest absolute Gasteiger partial charge is 0.347 e. The third-order valence-corrected chi connectivity index (χ3v) is 6.00. The van der Waals surface area contributed by atoms with Crippen molar-refractivity contribution < 1.29 is 4.79 Å². The normalized spacial score (nSPS) is 18.8. The number of fused-ring (bicyclic) bond motifs is 2. The first-order valence-corrected chi connectivity index (χ1v) is 11.0. The Bertz CT molecular complexity index is 1270. The Hall–Kier alpha value is -3.53. The summed E-state index contributed by atoms with van der Waals surface area (Å²) in [5.74, 6) is 0.589. The molecule has 1 atom stereocenters. The molecule has 0 aliphatic carbocycles. The van der Waals surface area contributed by atoms with E-state index >= 15 is 0 Å². The molecule has 1 fully saturated rings. The lowest BCUT2D eigenvalue weighted by molar-refractivity contribution is 0.0960. The van der Waals surface area contributed by atoms with E-state index in [4.69, 9.17) is 10.7 Å². The average molecular weight is 435 g/mol. The van der Waals surface area contributed by atoms with E-state index in [1.54, 1.807) is 24.4 Å². The number of benzene rings is 1. The summed E-state index contributed by atoms with van der Waals surface area (Å²) in [7, 11) is 0. The van der Waals surface area contributed by atoms with Crippen molar-refractivity contribution in [1.29, 1.82) is 0 Å². The predicted molar refractivity (Wildman–Crippen MR) is 123 cm³/mol. The first-order valence-electron chi connectivity index (χ1n) is 11.0. The van der Waals surface area contributed by atoms with Gasteiger partial charge in [-0.1, -0.05) is 12.1 Å². The van der Waals surface area contributed by atoms with Crippen LogP contribution >= 0.6 is 0 Å². The highest BCUT2D eigenvalue weighted by Gasteiger charge is 2.24. The lowest BCUT2D eigenvalue weighted by Gasteiger charge is -2.31.